The number of carboxylic acid groups (broad SMARTS) is 2. The molecule has 1 rings (SSSR count). The number of rotatable bonds is 2. The number of hydrogen-bond acceptors (Lipinski definition) is 3. The summed E-state index contributed by atoms with van der Waals surface area (Å²) in [5.74, 6) is -2.51. The van der Waals surface area contributed by atoms with Crippen molar-refractivity contribution < 1.29 is 19.8 Å². The molecule has 0 aromatic carbocycles. The molecule has 0 fully saturated rings. The predicted molar refractivity (Wildman–Crippen MR) is 53.5 cm³/mol. The molecule has 0 saturated carbocycles. The molecule has 0 radical (unpaired) electrons. The van der Waals surface area contributed by atoms with E-state index in [1.165, 1.54) is 0 Å². The van der Waals surface area contributed by atoms with Crippen LogP contribution in [0.4, 0.5) is 0 Å². The van der Waals surface area contributed by atoms with E-state index in [0.717, 1.165) is 6.54 Å². The fourth-order valence-electron chi connectivity index (χ4n) is 0.450. The zero-order valence-corrected chi connectivity index (χ0v) is 7.82. The molecule has 1 aliphatic rings. The van der Waals surface area contributed by atoms with Crippen molar-refractivity contribution in [2.75, 3.05) is 6.54 Å². The van der Waals surface area contributed by atoms with Gasteiger partial charge in [-0.25, -0.2) is 14.6 Å². The van der Waals surface area contributed by atoms with Crippen LogP contribution in [0.1, 0.15) is 0 Å². The fourth-order valence-corrected chi connectivity index (χ4v) is 0.608. The highest BCUT2D eigenvalue weighted by Crippen LogP contribution is 1.77. The second-order valence-electron chi connectivity index (χ2n) is 2.01. The maximum atomic E-state index is 9.55. The molecule has 0 aliphatic carbocycles. The van der Waals surface area contributed by atoms with Crippen LogP contribution in [0.2, 0.25) is 0 Å². The Hall–Kier alpha value is -1.76. The zero-order chi connectivity index (χ0) is 11.0. The van der Waals surface area contributed by atoms with Gasteiger partial charge in [0.1, 0.15) is 0 Å². The first-order valence-electron chi connectivity index (χ1n) is 3.46. The Morgan fingerprint density at radius 2 is 1.93 bits per heavy atom. The molecule has 0 bridgehead atoms. The maximum absolute atomic E-state index is 9.55. The lowest BCUT2D eigenvalue weighted by atomic mass is 10.5. The number of carboxylic acids is 2. The van der Waals surface area contributed by atoms with E-state index in [0.29, 0.717) is 17.3 Å². The number of nitrogens with one attached hydrogen (secondary N) is 1. The highest BCUT2D eigenvalue weighted by atomic mass is 32.1. The van der Waals surface area contributed by atoms with Crippen molar-refractivity contribution in [2.24, 2.45) is 4.99 Å². The van der Waals surface area contributed by atoms with Gasteiger partial charge in [-0.2, -0.15) is 0 Å². The summed E-state index contributed by atoms with van der Waals surface area (Å²) in [6, 6.07) is 0. The number of nitrogens with zero attached hydrogens (tertiary/aromatic N) is 1. The molecule has 14 heavy (non-hydrogen) atoms. The van der Waals surface area contributed by atoms with Crippen molar-refractivity contribution in [3.8, 4) is 0 Å². The Kier molecular flexibility index (Phi) is 5.88. The first kappa shape index (κ1) is 12.2. The van der Waals surface area contributed by atoms with E-state index in [1.54, 1.807) is 6.21 Å². The van der Waals surface area contributed by atoms with Gasteiger partial charge in [0.05, 0.1) is 6.54 Å². The SMILES string of the molecule is O=C(O)/C=C/C(=O)O.S=C1N=CCN1. The van der Waals surface area contributed by atoms with Crippen LogP contribution in [-0.4, -0.2) is 40.0 Å². The molecule has 0 saturated heterocycles. The number of thiocarbonyl (C=S) groups is 1. The van der Waals surface area contributed by atoms with E-state index in [4.69, 9.17) is 10.2 Å². The summed E-state index contributed by atoms with van der Waals surface area (Å²) in [6.07, 6.45) is 2.87. The van der Waals surface area contributed by atoms with Crippen LogP contribution >= 0.6 is 12.2 Å². The monoisotopic (exact) mass is 216 g/mol. The second kappa shape index (κ2) is 6.72. The van der Waals surface area contributed by atoms with Crippen molar-refractivity contribution in [3.05, 3.63) is 12.2 Å². The van der Waals surface area contributed by atoms with E-state index in [-0.39, 0.29) is 0 Å². The number of carbonyl (C=O) groups is 2. The second-order valence-corrected chi connectivity index (χ2v) is 2.39. The van der Waals surface area contributed by atoms with Crippen LogP contribution in [0, 0.1) is 0 Å². The third-order valence-corrected chi connectivity index (χ3v) is 1.17. The highest BCUT2D eigenvalue weighted by molar-refractivity contribution is 7.80. The summed E-state index contributed by atoms with van der Waals surface area (Å²) in [6.45, 7) is 0.804. The Morgan fingerprint density at radius 1 is 1.43 bits per heavy atom. The Labute approximate surface area is 85.0 Å². The van der Waals surface area contributed by atoms with Crippen LogP contribution in [0.25, 0.3) is 0 Å². The molecule has 3 N–H and O–H groups in total. The lowest BCUT2D eigenvalue weighted by molar-refractivity contribution is -0.134. The quantitative estimate of drug-likeness (QED) is 0.431. The van der Waals surface area contributed by atoms with E-state index >= 15 is 0 Å². The van der Waals surface area contributed by atoms with Gasteiger partial charge in [0.15, 0.2) is 5.11 Å². The van der Waals surface area contributed by atoms with Crippen LogP contribution in [0.5, 0.6) is 0 Å². The van der Waals surface area contributed by atoms with Crippen LogP contribution in [0.3, 0.4) is 0 Å². The van der Waals surface area contributed by atoms with Crippen molar-refractivity contribution in [1.82, 2.24) is 5.32 Å². The molecule has 0 aromatic rings. The first-order valence-corrected chi connectivity index (χ1v) is 3.87. The molecule has 0 aromatic heterocycles. The van der Waals surface area contributed by atoms with Gasteiger partial charge in [0.25, 0.3) is 0 Å². The fraction of sp³-hybridized carbons (Fsp3) is 0.143. The normalized spacial score (nSPS) is 13.3. The molecular formula is C7H8N2O4S. The molecule has 0 unspecified atom stereocenters. The van der Waals surface area contributed by atoms with Crippen molar-refractivity contribution in [3.63, 3.8) is 0 Å². The Morgan fingerprint density at radius 3 is 2.07 bits per heavy atom. The molecule has 6 nitrogen and oxygen atoms in total. The molecule has 0 spiro atoms. The summed E-state index contributed by atoms with van der Waals surface area (Å²) in [5.41, 5.74) is 0. The minimum absolute atomic E-state index is 0.558. The molecule has 1 aliphatic heterocycles. The van der Waals surface area contributed by atoms with E-state index < -0.39 is 11.9 Å². The van der Waals surface area contributed by atoms with Crippen LogP contribution < -0.4 is 5.32 Å². The van der Waals surface area contributed by atoms with Crippen LogP contribution in [0.15, 0.2) is 17.1 Å². The largest absolute Gasteiger partial charge is 0.478 e. The summed E-state index contributed by atoms with van der Waals surface area (Å²) < 4.78 is 0. The minimum Gasteiger partial charge on any atom is -0.478 e. The van der Waals surface area contributed by atoms with Gasteiger partial charge >= 0.3 is 11.9 Å². The maximum Gasteiger partial charge on any atom is 0.328 e. The molecule has 1 heterocycles. The molecule has 0 amide bonds. The summed E-state index contributed by atoms with van der Waals surface area (Å²) in [7, 11) is 0. The van der Waals surface area contributed by atoms with Crippen molar-refractivity contribution >= 4 is 35.5 Å². The smallest absolute Gasteiger partial charge is 0.328 e. The predicted octanol–water partition coefficient (Wildman–Crippen LogP) is -0.343. The molecule has 0 atom stereocenters. The third kappa shape index (κ3) is 8.34. The molecule has 7 heteroatoms. The number of hydrogen-bond donors (Lipinski definition) is 3. The Balaban J connectivity index is 0.000000249. The van der Waals surface area contributed by atoms with Crippen molar-refractivity contribution in [1.29, 1.82) is 0 Å². The zero-order valence-electron chi connectivity index (χ0n) is 7.01. The summed E-state index contributed by atoms with van der Waals surface area (Å²) in [5, 5.41) is 19.1. The minimum atomic E-state index is -1.26. The standard InChI is InChI=1S/C4H4O4.C3H4N2S/c5-3(6)1-2-4(7)8;6-3-4-1-2-5-3/h1-2H,(H,5,6)(H,7,8);1H,2H2,(H,5,6)/b2-1+;. The first-order chi connectivity index (χ1) is 6.52. The van der Waals surface area contributed by atoms with Gasteiger partial charge in [-0.05, 0) is 12.2 Å². The van der Waals surface area contributed by atoms with Crippen molar-refractivity contribution in [2.45, 2.75) is 0 Å². The lowest BCUT2D eigenvalue weighted by Crippen LogP contribution is -2.12. The number of aliphatic carboxylic acids is 2. The van der Waals surface area contributed by atoms with Gasteiger partial charge in [0, 0.05) is 18.4 Å². The van der Waals surface area contributed by atoms with Gasteiger partial charge in [0.2, 0.25) is 0 Å². The average Bonchev–Trinajstić information content (AvgIpc) is 2.53. The molecule has 76 valence electrons. The lowest BCUT2D eigenvalue weighted by Gasteiger charge is -1.82. The Bertz CT molecular complexity index is 282. The van der Waals surface area contributed by atoms with Gasteiger partial charge < -0.3 is 15.5 Å². The average molecular weight is 216 g/mol. The molecular weight excluding hydrogens is 208 g/mol. The number of aliphatic imine (C=N–C) groups is 1. The topological polar surface area (TPSA) is 99.0 Å². The summed E-state index contributed by atoms with van der Waals surface area (Å²) in [4.78, 5) is 22.8. The van der Waals surface area contributed by atoms with E-state index in [2.05, 4.69) is 22.5 Å². The van der Waals surface area contributed by atoms with E-state index in [9.17, 15) is 9.59 Å². The van der Waals surface area contributed by atoms with Crippen LogP contribution in [-0.2, 0) is 9.59 Å². The highest BCUT2D eigenvalue weighted by Gasteiger charge is 1.92. The third-order valence-electron chi connectivity index (χ3n) is 0.922. The van der Waals surface area contributed by atoms with Gasteiger partial charge in [-0.3, -0.25) is 0 Å². The van der Waals surface area contributed by atoms with E-state index in [1.807, 2.05) is 0 Å². The van der Waals surface area contributed by atoms with Gasteiger partial charge in [-0.15, -0.1) is 0 Å². The summed E-state index contributed by atoms with van der Waals surface area (Å²) >= 11 is 4.61. The van der Waals surface area contributed by atoms with Gasteiger partial charge in [-0.1, -0.05) is 0 Å².